The van der Waals surface area contributed by atoms with Crippen LogP contribution in [-0.2, 0) is 6.54 Å². The predicted molar refractivity (Wildman–Crippen MR) is 139 cm³/mol. The topological polar surface area (TPSA) is 60.7 Å². The van der Waals surface area contributed by atoms with Crippen LogP contribution in [0.3, 0.4) is 0 Å². The van der Waals surface area contributed by atoms with Gasteiger partial charge in [0.2, 0.25) is 0 Å². The van der Waals surface area contributed by atoms with Gasteiger partial charge >= 0.3 is 0 Å². The lowest BCUT2D eigenvalue weighted by Crippen LogP contribution is -2.46. The van der Waals surface area contributed by atoms with E-state index in [9.17, 15) is 5.11 Å². The van der Waals surface area contributed by atoms with E-state index in [1.54, 1.807) is 0 Å². The number of aromatic nitrogens is 3. The van der Waals surface area contributed by atoms with Crippen molar-refractivity contribution < 1.29 is 5.11 Å². The molecular weight excluding hydrogens is 448 g/mol. The van der Waals surface area contributed by atoms with Crippen LogP contribution in [0.1, 0.15) is 24.1 Å². The number of para-hydroxylation sites is 1. The minimum Gasteiger partial charge on any atom is -0.396 e. The second kappa shape index (κ2) is 11.2. The van der Waals surface area contributed by atoms with Gasteiger partial charge in [-0.1, -0.05) is 18.2 Å². The zero-order valence-corrected chi connectivity index (χ0v) is 20.7. The minimum atomic E-state index is 0. The molecule has 0 amide bonds. The monoisotopic (exact) mass is 482 g/mol. The average Bonchev–Trinajstić information content (AvgIpc) is 3.25. The van der Waals surface area contributed by atoms with Gasteiger partial charge in [-0.05, 0) is 49.9 Å². The second-order valence-corrected chi connectivity index (χ2v) is 9.22. The van der Waals surface area contributed by atoms with E-state index in [1.165, 1.54) is 16.9 Å². The number of hydrogen-bond acceptors (Lipinski definition) is 6. The lowest BCUT2D eigenvalue weighted by atomic mass is 9.98. The van der Waals surface area contributed by atoms with E-state index in [0.717, 1.165) is 70.2 Å². The molecule has 8 heteroatoms. The summed E-state index contributed by atoms with van der Waals surface area (Å²) in [5.41, 5.74) is 4.86. The number of nitrogens with zero attached hydrogens (tertiary/aromatic N) is 6. The summed E-state index contributed by atoms with van der Waals surface area (Å²) in [5.74, 6) is 1.54. The SMILES string of the molecule is Cc1c(CN2CCN(c3cccnc3N3CCC(CO)CC3)CC2)cnn1-c1ccccc1.Cl. The van der Waals surface area contributed by atoms with E-state index in [-0.39, 0.29) is 12.4 Å². The van der Waals surface area contributed by atoms with Crippen molar-refractivity contribution in [1.82, 2.24) is 19.7 Å². The third-order valence-corrected chi connectivity index (χ3v) is 7.16. The highest BCUT2D eigenvalue weighted by atomic mass is 35.5. The van der Waals surface area contributed by atoms with E-state index in [0.29, 0.717) is 12.5 Å². The molecule has 0 atom stereocenters. The van der Waals surface area contributed by atoms with Gasteiger partial charge in [0.25, 0.3) is 0 Å². The summed E-state index contributed by atoms with van der Waals surface area (Å²) >= 11 is 0. The van der Waals surface area contributed by atoms with Crippen LogP contribution < -0.4 is 9.80 Å². The number of anilines is 2. The smallest absolute Gasteiger partial charge is 0.152 e. The third kappa shape index (κ3) is 5.22. The zero-order chi connectivity index (χ0) is 22.6. The Morgan fingerprint density at radius 1 is 0.912 bits per heavy atom. The Hall–Kier alpha value is -2.61. The summed E-state index contributed by atoms with van der Waals surface area (Å²) in [4.78, 5) is 12.2. The molecule has 2 fully saturated rings. The normalized spacial score (nSPS) is 17.6. The molecule has 3 aromatic rings. The molecule has 0 spiro atoms. The Bertz CT molecular complexity index is 1040. The van der Waals surface area contributed by atoms with Crippen LogP contribution in [0.25, 0.3) is 5.69 Å². The fourth-order valence-electron chi connectivity index (χ4n) is 5.02. The van der Waals surface area contributed by atoms with Gasteiger partial charge < -0.3 is 14.9 Å². The highest BCUT2D eigenvalue weighted by molar-refractivity contribution is 5.85. The van der Waals surface area contributed by atoms with Crippen molar-refractivity contribution in [1.29, 1.82) is 0 Å². The number of pyridine rings is 1. The lowest BCUT2D eigenvalue weighted by molar-refractivity contribution is 0.202. The number of rotatable bonds is 6. The van der Waals surface area contributed by atoms with Gasteiger partial charge in [0.1, 0.15) is 0 Å². The van der Waals surface area contributed by atoms with Crippen LogP contribution >= 0.6 is 12.4 Å². The molecule has 0 saturated carbocycles. The summed E-state index contributed by atoms with van der Waals surface area (Å²) in [6, 6.07) is 14.6. The number of hydrogen-bond donors (Lipinski definition) is 1. The Labute approximate surface area is 208 Å². The maximum absolute atomic E-state index is 9.46. The molecule has 34 heavy (non-hydrogen) atoms. The Morgan fingerprint density at radius 2 is 1.65 bits per heavy atom. The first-order valence-electron chi connectivity index (χ1n) is 12.1. The molecule has 7 nitrogen and oxygen atoms in total. The van der Waals surface area contributed by atoms with Crippen molar-refractivity contribution in [3.8, 4) is 5.69 Å². The van der Waals surface area contributed by atoms with Crippen molar-refractivity contribution in [3.05, 3.63) is 66.1 Å². The number of benzene rings is 1. The fraction of sp³-hybridized carbons (Fsp3) is 0.462. The molecule has 2 aliphatic rings. The number of halogens is 1. The Balaban J connectivity index is 0.00000274. The zero-order valence-electron chi connectivity index (χ0n) is 19.9. The molecule has 0 aliphatic carbocycles. The van der Waals surface area contributed by atoms with Gasteiger partial charge in [0.05, 0.1) is 17.6 Å². The number of piperazine rings is 1. The molecule has 4 heterocycles. The van der Waals surface area contributed by atoms with Crippen LogP contribution in [0.15, 0.2) is 54.9 Å². The summed E-state index contributed by atoms with van der Waals surface area (Å²) in [6.07, 6.45) is 6.00. The first-order valence-corrected chi connectivity index (χ1v) is 12.1. The predicted octanol–water partition coefficient (Wildman–Crippen LogP) is 3.53. The van der Waals surface area contributed by atoms with Gasteiger partial charge in [-0.15, -0.1) is 12.4 Å². The van der Waals surface area contributed by atoms with Crippen molar-refractivity contribution in [2.75, 3.05) is 55.7 Å². The first-order chi connectivity index (χ1) is 16.2. The van der Waals surface area contributed by atoms with E-state index < -0.39 is 0 Å². The minimum absolute atomic E-state index is 0. The van der Waals surface area contributed by atoms with Gasteiger partial charge in [0, 0.05) is 69.9 Å². The molecule has 1 aromatic carbocycles. The molecule has 0 radical (unpaired) electrons. The molecule has 2 aliphatic heterocycles. The van der Waals surface area contributed by atoms with Crippen molar-refractivity contribution in [2.45, 2.75) is 26.3 Å². The number of aliphatic hydroxyl groups excluding tert-OH is 1. The molecule has 2 saturated heterocycles. The van der Waals surface area contributed by atoms with Gasteiger partial charge in [-0.2, -0.15) is 5.10 Å². The van der Waals surface area contributed by atoms with Crippen LogP contribution in [-0.4, -0.2) is 70.6 Å². The van der Waals surface area contributed by atoms with Crippen LogP contribution in [0.4, 0.5) is 11.5 Å². The lowest BCUT2D eigenvalue weighted by Gasteiger charge is -2.39. The Kier molecular flexibility index (Phi) is 8.08. The highest BCUT2D eigenvalue weighted by Gasteiger charge is 2.25. The molecule has 5 rings (SSSR count). The summed E-state index contributed by atoms with van der Waals surface area (Å²) < 4.78 is 2.04. The number of piperidine rings is 1. The van der Waals surface area contributed by atoms with Gasteiger partial charge in [-0.25, -0.2) is 9.67 Å². The molecule has 2 aromatic heterocycles. The third-order valence-electron chi connectivity index (χ3n) is 7.16. The van der Waals surface area contributed by atoms with E-state index in [2.05, 4.69) is 57.1 Å². The average molecular weight is 483 g/mol. The quantitative estimate of drug-likeness (QED) is 0.580. The second-order valence-electron chi connectivity index (χ2n) is 9.22. The van der Waals surface area contributed by atoms with E-state index in [1.807, 2.05) is 29.2 Å². The molecule has 182 valence electrons. The maximum Gasteiger partial charge on any atom is 0.152 e. The molecule has 1 N–H and O–H groups in total. The highest BCUT2D eigenvalue weighted by Crippen LogP contribution is 2.31. The molecule has 0 bridgehead atoms. The largest absolute Gasteiger partial charge is 0.396 e. The Morgan fingerprint density at radius 3 is 2.35 bits per heavy atom. The van der Waals surface area contributed by atoms with E-state index >= 15 is 0 Å². The maximum atomic E-state index is 9.46. The van der Waals surface area contributed by atoms with Crippen molar-refractivity contribution >= 4 is 23.9 Å². The summed E-state index contributed by atoms with van der Waals surface area (Å²) in [6.45, 7) is 9.38. The van der Waals surface area contributed by atoms with Gasteiger partial charge in [0.15, 0.2) is 5.82 Å². The van der Waals surface area contributed by atoms with Gasteiger partial charge in [-0.3, -0.25) is 4.90 Å². The molecular formula is C26H35ClN6O. The van der Waals surface area contributed by atoms with Crippen LogP contribution in [0.2, 0.25) is 0 Å². The van der Waals surface area contributed by atoms with Crippen LogP contribution in [0, 0.1) is 12.8 Å². The van der Waals surface area contributed by atoms with Crippen LogP contribution in [0.5, 0.6) is 0 Å². The van der Waals surface area contributed by atoms with Crippen molar-refractivity contribution in [2.24, 2.45) is 5.92 Å². The van der Waals surface area contributed by atoms with E-state index in [4.69, 9.17) is 4.98 Å². The standard InChI is InChI=1S/C26H34N6O.ClH/c1-21-23(18-28-32(21)24-6-3-2-4-7-24)19-29-14-16-30(17-15-29)25-8-5-11-27-26(25)31-12-9-22(20-33)10-13-31;/h2-8,11,18,22,33H,9-10,12-17,19-20H2,1H3;1H. The molecule has 0 unspecified atom stereocenters. The summed E-state index contributed by atoms with van der Waals surface area (Å²) in [7, 11) is 0. The number of aliphatic hydroxyl groups is 1. The first kappa shape index (κ1) is 24.5. The van der Waals surface area contributed by atoms with Crippen molar-refractivity contribution in [3.63, 3.8) is 0 Å². The fourth-order valence-corrected chi connectivity index (χ4v) is 5.02. The summed E-state index contributed by atoms with van der Waals surface area (Å²) in [5, 5.41) is 14.1.